The fraction of sp³-hybridized carbons (Fsp3) is 0.333. The molecule has 0 unspecified atom stereocenters. The molecule has 2 aromatic carbocycles. The van der Waals surface area contributed by atoms with Crippen molar-refractivity contribution in [2.45, 2.75) is 40.3 Å². The second-order valence-corrected chi connectivity index (χ2v) is 9.50. The van der Waals surface area contributed by atoms with E-state index < -0.39 is 0 Å². The predicted molar refractivity (Wildman–Crippen MR) is 122 cm³/mol. The molecule has 0 spiro atoms. The minimum absolute atomic E-state index is 0.0650. The molecule has 5 nitrogen and oxygen atoms in total. The maximum Gasteiger partial charge on any atom is 0.223 e. The highest BCUT2D eigenvalue weighted by Crippen LogP contribution is 2.34. The number of nitrogens with zero attached hydrogens (tertiary/aromatic N) is 3. The van der Waals surface area contributed by atoms with Crippen molar-refractivity contribution in [3.05, 3.63) is 65.2 Å². The SMILES string of the molecule is CC(C)(C)CC(=O)N1CCn2c(nc(-c3ccc(F)cc3)c2Nc2ccc(Cl)cc2)C1. The van der Waals surface area contributed by atoms with Crippen LogP contribution < -0.4 is 5.32 Å². The van der Waals surface area contributed by atoms with Crippen LogP contribution in [-0.2, 0) is 17.9 Å². The first-order chi connectivity index (χ1) is 14.7. The Morgan fingerprint density at radius 3 is 2.42 bits per heavy atom. The summed E-state index contributed by atoms with van der Waals surface area (Å²) < 4.78 is 15.6. The lowest BCUT2D eigenvalue weighted by atomic mass is 9.91. The molecule has 1 aromatic heterocycles. The van der Waals surface area contributed by atoms with Crippen molar-refractivity contribution in [2.24, 2.45) is 5.41 Å². The smallest absolute Gasteiger partial charge is 0.223 e. The molecule has 1 aliphatic heterocycles. The molecule has 4 rings (SSSR count). The molecular formula is C24H26ClFN4O. The summed E-state index contributed by atoms with van der Waals surface area (Å²) in [6.45, 7) is 7.90. The van der Waals surface area contributed by atoms with Gasteiger partial charge in [0, 0.05) is 35.8 Å². The first kappa shape index (κ1) is 21.4. The number of hydrogen-bond acceptors (Lipinski definition) is 3. The van der Waals surface area contributed by atoms with E-state index in [4.69, 9.17) is 16.6 Å². The van der Waals surface area contributed by atoms with Gasteiger partial charge in [-0.15, -0.1) is 0 Å². The van der Waals surface area contributed by atoms with Gasteiger partial charge < -0.3 is 14.8 Å². The lowest BCUT2D eigenvalue weighted by Crippen LogP contribution is -2.40. The van der Waals surface area contributed by atoms with Gasteiger partial charge in [0.2, 0.25) is 5.91 Å². The Morgan fingerprint density at radius 1 is 1.10 bits per heavy atom. The molecular weight excluding hydrogens is 415 g/mol. The summed E-state index contributed by atoms with van der Waals surface area (Å²) >= 11 is 6.02. The molecule has 0 atom stereocenters. The quantitative estimate of drug-likeness (QED) is 0.552. The molecule has 7 heteroatoms. The van der Waals surface area contributed by atoms with E-state index in [2.05, 4.69) is 30.7 Å². The van der Waals surface area contributed by atoms with Crippen molar-refractivity contribution in [3.8, 4) is 11.3 Å². The third kappa shape index (κ3) is 4.90. The fourth-order valence-corrected chi connectivity index (χ4v) is 3.84. The van der Waals surface area contributed by atoms with Crippen LogP contribution in [0.5, 0.6) is 0 Å². The molecule has 162 valence electrons. The maximum absolute atomic E-state index is 13.5. The topological polar surface area (TPSA) is 50.2 Å². The van der Waals surface area contributed by atoms with Crippen LogP contribution in [0.1, 0.15) is 33.0 Å². The first-order valence-corrected chi connectivity index (χ1v) is 10.7. The van der Waals surface area contributed by atoms with Crippen LogP contribution >= 0.6 is 11.6 Å². The van der Waals surface area contributed by atoms with Crippen molar-refractivity contribution in [1.82, 2.24) is 14.5 Å². The number of aromatic nitrogens is 2. The van der Waals surface area contributed by atoms with Crippen molar-refractivity contribution >= 4 is 29.0 Å². The zero-order chi connectivity index (χ0) is 22.2. The van der Waals surface area contributed by atoms with E-state index in [1.54, 1.807) is 12.1 Å². The van der Waals surface area contributed by atoms with E-state index in [1.165, 1.54) is 12.1 Å². The molecule has 2 heterocycles. The van der Waals surface area contributed by atoms with Gasteiger partial charge in [-0.1, -0.05) is 32.4 Å². The van der Waals surface area contributed by atoms with Crippen molar-refractivity contribution < 1.29 is 9.18 Å². The van der Waals surface area contributed by atoms with Gasteiger partial charge in [-0.2, -0.15) is 0 Å². The van der Waals surface area contributed by atoms with E-state index in [1.807, 2.05) is 29.2 Å². The number of carbonyl (C=O) groups is 1. The van der Waals surface area contributed by atoms with Gasteiger partial charge in [0.05, 0.1) is 6.54 Å². The van der Waals surface area contributed by atoms with Gasteiger partial charge in [0.1, 0.15) is 23.2 Å². The number of carbonyl (C=O) groups excluding carboxylic acids is 1. The van der Waals surface area contributed by atoms with Crippen molar-refractivity contribution in [3.63, 3.8) is 0 Å². The number of nitrogens with one attached hydrogen (secondary N) is 1. The molecule has 0 aliphatic carbocycles. The molecule has 1 N–H and O–H groups in total. The molecule has 0 bridgehead atoms. The largest absolute Gasteiger partial charge is 0.340 e. The Hall–Kier alpha value is -2.86. The molecule has 0 saturated heterocycles. The molecule has 1 aliphatic rings. The lowest BCUT2D eigenvalue weighted by Gasteiger charge is -2.31. The Morgan fingerprint density at radius 2 is 1.77 bits per heavy atom. The Labute approximate surface area is 186 Å². The number of rotatable bonds is 4. The predicted octanol–water partition coefficient (Wildman–Crippen LogP) is 5.86. The number of halogens is 2. The summed E-state index contributed by atoms with van der Waals surface area (Å²) in [6, 6.07) is 13.7. The fourth-order valence-electron chi connectivity index (χ4n) is 3.72. The van der Waals surface area contributed by atoms with Gasteiger partial charge in [0.15, 0.2) is 0 Å². The van der Waals surface area contributed by atoms with E-state index in [0.717, 1.165) is 28.6 Å². The average molecular weight is 441 g/mol. The summed E-state index contributed by atoms with van der Waals surface area (Å²) in [4.78, 5) is 19.5. The molecule has 1 amide bonds. The first-order valence-electron chi connectivity index (χ1n) is 10.4. The van der Waals surface area contributed by atoms with Gasteiger partial charge in [-0.05, 0) is 53.9 Å². The highest BCUT2D eigenvalue weighted by atomic mass is 35.5. The summed E-state index contributed by atoms with van der Waals surface area (Å²) in [5, 5.41) is 4.11. The minimum Gasteiger partial charge on any atom is -0.340 e. The molecule has 31 heavy (non-hydrogen) atoms. The summed E-state index contributed by atoms with van der Waals surface area (Å²) in [6.07, 6.45) is 0.494. The van der Waals surface area contributed by atoms with E-state index in [-0.39, 0.29) is 17.1 Å². The van der Waals surface area contributed by atoms with Crippen LogP contribution in [0.2, 0.25) is 5.02 Å². The van der Waals surface area contributed by atoms with Crippen LogP contribution in [0, 0.1) is 11.2 Å². The number of anilines is 2. The van der Waals surface area contributed by atoms with E-state index >= 15 is 0 Å². The number of benzene rings is 2. The second kappa shape index (κ2) is 8.35. The van der Waals surface area contributed by atoms with Crippen molar-refractivity contribution in [1.29, 1.82) is 0 Å². The van der Waals surface area contributed by atoms with Crippen LogP contribution in [0.25, 0.3) is 11.3 Å². The lowest BCUT2D eigenvalue weighted by molar-refractivity contribution is -0.134. The molecule has 0 fully saturated rings. The number of amides is 1. The van der Waals surface area contributed by atoms with Crippen LogP contribution in [0.4, 0.5) is 15.9 Å². The van der Waals surface area contributed by atoms with Gasteiger partial charge in [-0.3, -0.25) is 4.79 Å². The zero-order valence-corrected chi connectivity index (χ0v) is 18.7. The maximum atomic E-state index is 13.5. The van der Waals surface area contributed by atoms with Gasteiger partial charge in [0.25, 0.3) is 0 Å². The Balaban J connectivity index is 1.69. The second-order valence-electron chi connectivity index (χ2n) is 9.07. The molecule has 0 radical (unpaired) electrons. The zero-order valence-electron chi connectivity index (χ0n) is 18.0. The summed E-state index contributed by atoms with van der Waals surface area (Å²) in [5.41, 5.74) is 2.36. The normalized spacial score (nSPS) is 13.8. The van der Waals surface area contributed by atoms with Crippen LogP contribution in [-0.4, -0.2) is 26.9 Å². The average Bonchev–Trinajstić information content (AvgIpc) is 3.06. The highest BCUT2D eigenvalue weighted by molar-refractivity contribution is 6.30. The third-order valence-electron chi connectivity index (χ3n) is 5.23. The number of hydrogen-bond donors (Lipinski definition) is 1. The molecule has 3 aromatic rings. The van der Waals surface area contributed by atoms with Crippen LogP contribution in [0.3, 0.4) is 0 Å². The number of fused-ring (bicyclic) bond motifs is 1. The Bertz CT molecular complexity index is 1080. The van der Waals surface area contributed by atoms with E-state index in [9.17, 15) is 9.18 Å². The van der Waals surface area contributed by atoms with Gasteiger partial charge >= 0.3 is 0 Å². The van der Waals surface area contributed by atoms with Gasteiger partial charge in [-0.25, -0.2) is 9.37 Å². The summed E-state index contributed by atoms with van der Waals surface area (Å²) in [7, 11) is 0. The summed E-state index contributed by atoms with van der Waals surface area (Å²) in [5.74, 6) is 1.48. The van der Waals surface area contributed by atoms with Crippen molar-refractivity contribution in [2.75, 3.05) is 11.9 Å². The minimum atomic E-state index is -0.293. The molecule has 0 saturated carbocycles. The van der Waals surface area contributed by atoms with E-state index in [0.29, 0.717) is 31.1 Å². The Kier molecular flexibility index (Phi) is 5.75. The van der Waals surface area contributed by atoms with Crippen LogP contribution in [0.15, 0.2) is 48.5 Å². The monoisotopic (exact) mass is 440 g/mol. The number of imidazole rings is 1. The third-order valence-corrected chi connectivity index (χ3v) is 5.48. The standard InChI is InChI=1S/C24H26ClFN4O/c1-24(2,3)14-21(31)29-12-13-30-20(15-29)28-22(16-4-8-18(26)9-5-16)23(30)27-19-10-6-17(25)7-11-19/h4-11,27H,12-15H2,1-3H3. The highest BCUT2D eigenvalue weighted by Gasteiger charge is 2.28.